The van der Waals surface area contributed by atoms with Gasteiger partial charge in [-0.3, -0.25) is 9.59 Å². The van der Waals surface area contributed by atoms with E-state index in [9.17, 15) is 14.0 Å². The molecule has 1 heterocycles. The van der Waals surface area contributed by atoms with Crippen molar-refractivity contribution in [2.45, 2.75) is 0 Å². The third-order valence-electron chi connectivity index (χ3n) is 2.00. The Bertz CT molecular complexity index is 648. The molecule has 2 rings (SSSR count). The summed E-state index contributed by atoms with van der Waals surface area (Å²) >= 11 is 0. The van der Waals surface area contributed by atoms with Crippen molar-refractivity contribution in [3.05, 3.63) is 50.7 Å². The molecule has 5 heteroatoms. The number of nitrogens with one attached hydrogen (secondary N) is 1. The third kappa shape index (κ3) is 1.59. The maximum Gasteiger partial charge on any atom is 0.290 e. The number of H-pyrrole nitrogens is 1. The number of rotatable bonds is 0. The van der Waals surface area contributed by atoms with Gasteiger partial charge >= 0.3 is 0 Å². The van der Waals surface area contributed by atoms with Gasteiger partial charge in [-0.05, 0) is 18.2 Å². The first-order chi connectivity index (χ1) is 7.08. The lowest BCUT2D eigenvalue weighted by atomic mass is 10.2. The van der Waals surface area contributed by atoms with Gasteiger partial charge in [-0.25, -0.2) is 4.39 Å². The van der Waals surface area contributed by atoms with Crippen LogP contribution in [0.5, 0.6) is 5.75 Å². The second-order valence-electron chi connectivity index (χ2n) is 3.04. The quantitative estimate of drug-likeness (QED) is 0.669. The Balaban J connectivity index is 3.10. The molecule has 0 fully saturated rings. The van der Waals surface area contributed by atoms with E-state index in [1.54, 1.807) is 0 Å². The van der Waals surface area contributed by atoms with Gasteiger partial charge in [0.1, 0.15) is 5.82 Å². The summed E-state index contributed by atoms with van der Waals surface area (Å²) in [5.41, 5.74) is -1.21. The summed E-state index contributed by atoms with van der Waals surface area (Å²) in [4.78, 5) is 24.8. The summed E-state index contributed by atoms with van der Waals surface area (Å²) in [5, 5.41) is 9.12. The fraction of sp³-hybridized carbons (Fsp3) is 0. The number of aromatic nitrogens is 1. The van der Waals surface area contributed by atoms with Crippen LogP contribution in [0, 0.1) is 5.82 Å². The van der Waals surface area contributed by atoms with Crippen LogP contribution in [0.25, 0.3) is 10.9 Å². The number of hydrogen-bond acceptors (Lipinski definition) is 3. The molecule has 15 heavy (non-hydrogen) atoms. The topological polar surface area (TPSA) is 70.2 Å². The average Bonchev–Trinajstić information content (AvgIpc) is 2.28. The zero-order valence-electron chi connectivity index (χ0n) is 7.45. The summed E-state index contributed by atoms with van der Waals surface area (Å²) in [6.45, 7) is 0. The molecule has 0 bridgehead atoms. The van der Waals surface area contributed by atoms with E-state index in [2.05, 4.69) is 4.98 Å². The van der Waals surface area contributed by atoms with E-state index in [-0.39, 0.29) is 10.9 Å². The van der Waals surface area contributed by atoms with Crippen molar-refractivity contribution in [1.82, 2.24) is 4.98 Å². The summed E-state index contributed by atoms with van der Waals surface area (Å²) in [6.07, 6.45) is 0. The van der Waals surface area contributed by atoms with E-state index in [0.29, 0.717) is 0 Å². The first-order valence-corrected chi connectivity index (χ1v) is 4.14. The predicted octanol–water partition coefficient (Wildman–Crippen LogP) is 0.733. The number of aromatic hydroxyl groups is 1. The van der Waals surface area contributed by atoms with Crippen LogP contribution in [-0.2, 0) is 0 Å². The second kappa shape index (κ2) is 3.20. The van der Waals surface area contributed by atoms with Crippen LogP contribution in [0.2, 0.25) is 0 Å². The van der Waals surface area contributed by atoms with E-state index >= 15 is 0 Å². The molecule has 0 unspecified atom stereocenters. The Kier molecular flexibility index (Phi) is 2.00. The van der Waals surface area contributed by atoms with Gasteiger partial charge in [0.05, 0.1) is 5.52 Å². The molecule has 2 aromatic rings. The number of halogens is 1. The van der Waals surface area contributed by atoms with Gasteiger partial charge in [-0.1, -0.05) is 0 Å². The van der Waals surface area contributed by atoms with Crippen LogP contribution < -0.4 is 11.0 Å². The highest BCUT2D eigenvalue weighted by atomic mass is 19.1. The average molecular weight is 207 g/mol. The van der Waals surface area contributed by atoms with E-state index in [1.165, 1.54) is 6.07 Å². The van der Waals surface area contributed by atoms with Crippen molar-refractivity contribution >= 4 is 10.9 Å². The molecule has 0 radical (unpaired) electrons. The van der Waals surface area contributed by atoms with Gasteiger partial charge in [0.2, 0.25) is 0 Å². The van der Waals surface area contributed by atoms with Crippen molar-refractivity contribution in [3.8, 4) is 5.75 Å². The Morgan fingerprint density at radius 3 is 2.67 bits per heavy atom. The van der Waals surface area contributed by atoms with E-state index in [0.717, 1.165) is 18.2 Å². The maximum atomic E-state index is 12.8. The SMILES string of the molecule is O=c1[nH]c2ccc(F)cc2c(=O)cc1O. The van der Waals surface area contributed by atoms with Crippen LogP contribution in [0.4, 0.5) is 4.39 Å². The molecular formula is C10H6FNO3. The van der Waals surface area contributed by atoms with Gasteiger partial charge in [0.15, 0.2) is 11.2 Å². The molecule has 76 valence electrons. The fourth-order valence-corrected chi connectivity index (χ4v) is 1.28. The maximum absolute atomic E-state index is 12.8. The Morgan fingerprint density at radius 2 is 1.93 bits per heavy atom. The second-order valence-corrected chi connectivity index (χ2v) is 3.04. The largest absolute Gasteiger partial charge is 0.503 e. The molecule has 0 atom stereocenters. The van der Waals surface area contributed by atoms with Crippen LogP contribution in [0.15, 0.2) is 33.9 Å². The molecule has 0 aliphatic carbocycles. The van der Waals surface area contributed by atoms with Crippen LogP contribution in [-0.4, -0.2) is 10.1 Å². The Hall–Kier alpha value is -2.17. The highest BCUT2D eigenvalue weighted by molar-refractivity contribution is 5.77. The fourth-order valence-electron chi connectivity index (χ4n) is 1.28. The summed E-state index contributed by atoms with van der Waals surface area (Å²) in [7, 11) is 0. The lowest BCUT2D eigenvalue weighted by Crippen LogP contribution is -2.00. The number of aromatic amines is 1. The molecule has 1 aromatic heterocycles. The number of hydrogen-bond donors (Lipinski definition) is 2. The molecule has 4 nitrogen and oxygen atoms in total. The summed E-state index contributed by atoms with van der Waals surface area (Å²) < 4.78 is 12.8. The lowest BCUT2D eigenvalue weighted by Gasteiger charge is -1.90. The van der Waals surface area contributed by atoms with Crippen molar-refractivity contribution in [2.24, 2.45) is 0 Å². The highest BCUT2D eigenvalue weighted by Crippen LogP contribution is 2.08. The number of benzene rings is 1. The summed E-state index contributed by atoms with van der Waals surface area (Å²) in [5.74, 6) is -1.26. The van der Waals surface area contributed by atoms with Crippen molar-refractivity contribution in [3.63, 3.8) is 0 Å². The molecular weight excluding hydrogens is 201 g/mol. The van der Waals surface area contributed by atoms with E-state index in [4.69, 9.17) is 5.11 Å². The highest BCUT2D eigenvalue weighted by Gasteiger charge is 2.02. The molecule has 0 spiro atoms. The molecule has 0 saturated carbocycles. The van der Waals surface area contributed by atoms with Crippen LogP contribution >= 0.6 is 0 Å². The monoisotopic (exact) mass is 207 g/mol. The standard InChI is InChI=1S/C10H6FNO3/c11-5-1-2-7-6(3-5)8(13)4-9(14)10(15)12-7/h1-4,14H,(H,12,15). The smallest absolute Gasteiger partial charge is 0.290 e. The molecule has 2 N–H and O–H groups in total. The molecule has 0 saturated heterocycles. The minimum Gasteiger partial charge on any atom is -0.503 e. The first kappa shape index (κ1) is 9.39. The van der Waals surface area contributed by atoms with Crippen LogP contribution in [0.3, 0.4) is 0 Å². The van der Waals surface area contributed by atoms with E-state index < -0.39 is 22.6 Å². The van der Waals surface area contributed by atoms with Crippen molar-refractivity contribution in [1.29, 1.82) is 0 Å². The zero-order valence-corrected chi connectivity index (χ0v) is 7.45. The molecule has 0 amide bonds. The minimum atomic E-state index is -0.784. The Labute approximate surface area is 82.6 Å². The van der Waals surface area contributed by atoms with Crippen molar-refractivity contribution < 1.29 is 9.50 Å². The van der Waals surface area contributed by atoms with Crippen molar-refractivity contribution in [2.75, 3.05) is 0 Å². The molecule has 0 aliphatic heterocycles. The van der Waals surface area contributed by atoms with Crippen LogP contribution in [0.1, 0.15) is 0 Å². The molecule has 0 aliphatic rings. The number of fused-ring (bicyclic) bond motifs is 1. The normalized spacial score (nSPS) is 10.5. The lowest BCUT2D eigenvalue weighted by molar-refractivity contribution is 0.468. The van der Waals surface area contributed by atoms with Gasteiger partial charge in [0, 0.05) is 11.5 Å². The van der Waals surface area contributed by atoms with Gasteiger partial charge < -0.3 is 10.1 Å². The first-order valence-electron chi connectivity index (χ1n) is 4.14. The van der Waals surface area contributed by atoms with Gasteiger partial charge in [-0.2, -0.15) is 0 Å². The van der Waals surface area contributed by atoms with Gasteiger partial charge in [-0.15, -0.1) is 0 Å². The van der Waals surface area contributed by atoms with E-state index in [1.807, 2.05) is 0 Å². The zero-order chi connectivity index (χ0) is 11.0. The third-order valence-corrected chi connectivity index (χ3v) is 2.00. The molecule has 1 aromatic carbocycles. The summed E-state index contributed by atoms with van der Waals surface area (Å²) in [6, 6.07) is 4.16. The predicted molar refractivity (Wildman–Crippen MR) is 52.5 cm³/mol. The van der Waals surface area contributed by atoms with Gasteiger partial charge in [0.25, 0.3) is 5.56 Å². The minimum absolute atomic E-state index is 0.0207. The Morgan fingerprint density at radius 1 is 1.20 bits per heavy atom.